The molecule has 1 aliphatic rings. The number of hydrogen-bond acceptors (Lipinski definition) is 5. The van der Waals surface area contributed by atoms with Crippen LogP contribution in [0.4, 0.5) is 4.39 Å². The lowest BCUT2D eigenvalue weighted by Crippen LogP contribution is -2.32. The van der Waals surface area contributed by atoms with Gasteiger partial charge >= 0.3 is 0 Å². The lowest BCUT2D eigenvalue weighted by molar-refractivity contribution is -0.583. The van der Waals surface area contributed by atoms with Crippen molar-refractivity contribution < 1.29 is 9.12 Å². The molecule has 138 valence electrons. The molecule has 0 radical (unpaired) electrons. The Morgan fingerprint density at radius 3 is 2.96 bits per heavy atom. The zero-order chi connectivity index (χ0) is 18.7. The summed E-state index contributed by atoms with van der Waals surface area (Å²) in [5, 5.41) is 21.3. The fourth-order valence-corrected chi connectivity index (χ4v) is 3.98. The van der Waals surface area contributed by atoms with Gasteiger partial charge in [-0.2, -0.15) is 9.41 Å². The highest BCUT2D eigenvalue weighted by atomic mass is 19.1. The van der Waals surface area contributed by atoms with E-state index in [0.29, 0.717) is 22.5 Å². The second-order valence-electron chi connectivity index (χ2n) is 7.03. The number of rotatable bonds is 2. The molecule has 0 spiro atoms. The van der Waals surface area contributed by atoms with Crippen molar-refractivity contribution in [3.05, 3.63) is 53.1 Å². The fraction of sp³-hybridized carbons (Fsp3) is 0.333. The minimum Gasteiger partial charge on any atom is -0.618 e. The Morgan fingerprint density at radius 2 is 2.19 bits per heavy atom. The van der Waals surface area contributed by atoms with Crippen molar-refractivity contribution in [1.82, 2.24) is 29.3 Å². The van der Waals surface area contributed by atoms with Gasteiger partial charge in [-0.3, -0.25) is 9.30 Å². The Morgan fingerprint density at radius 1 is 1.33 bits per heavy atom. The first-order valence-corrected chi connectivity index (χ1v) is 8.86. The van der Waals surface area contributed by atoms with E-state index < -0.39 is 5.82 Å². The largest absolute Gasteiger partial charge is 0.618 e. The normalized spacial score (nSPS) is 18.1. The predicted molar refractivity (Wildman–Crippen MR) is 95.9 cm³/mol. The van der Waals surface area contributed by atoms with Gasteiger partial charge in [-0.25, -0.2) is 9.37 Å². The van der Waals surface area contributed by atoms with Gasteiger partial charge in [0.1, 0.15) is 23.4 Å². The van der Waals surface area contributed by atoms with Gasteiger partial charge in [-0.05, 0) is 38.6 Å². The van der Waals surface area contributed by atoms with Gasteiger partial charge in [0.15, 0.2) is 11.3 Å². The van der Waals surface area contributed by atoms with Crippen LogP contribution in [0.3, 0.4) is 0 Å². The molecule has 1 aromatic carbocycles. The molecule has 9 heteroatoms. The molecule has 0 amide bonds. The van der Waals surface area contributed by atoms with Crippen LogP contribution in [0.15, 0.2) is 30.7 Å². The van der Waals surface area contributed by atoms with Gasteiger partial charge in [-0.15, -0.1) is 5.10 Å². The van der Waals surface area contributed by atoms with Crippen LogP contribution in [0.5, 0.6) is 0 Å². The molecular weight excluding hydrogens is 349 g/mol. The van der Waals surface area contributed by atoms with Crippen molar-refractivity contribution in [2.24, 2.45) is 0 Å². The van der Waals surface area contributed by atoms with E-state index in [-0.39, 0.29) is 11.6 Å². The third-order valence-corrected chi connectivity index (χ3v) is 5.40. The van der Waals surface area contributed by atoms with Crippen molar-refractivity contribution in [2.45, 2.75) is 25.8 Å². The molecule has 1 fully saturated rings. The minimum atomic E-state index is -0.451. The summed E-state index contributed by atoms with van der Waals surface area (Å²) in [6, 6.07) is 4.40. The number of benzene rings is 1. The molecule has 0 N–H and O–H groups in total. The Labute approximate surface area is 154 Å². The summed E-state index contributed by atoms with van der Waals surface area (Å²) in [4.78, 5) is 6.73. The number of imidazole rings is 1. The van der Waals surface area contributed by atoms with Crippen LogP contribution in [0.2, 0.25) is 0 Å². The average molecular weight is 367 g/mol. The van der Waals surface area contributed by atoms with E-state index in [9.17, 15) is 9.60 Å². The Hall–Kier alpha value is -3.07. The number of aryl methyl sites for hydroxylation is 1. The Bertz CT molecular complexity index is 1180. The number of nitrogens with zero attached hydrogens (tertiary/aromatic N) is 7. The first-order valence-electron chi connectivity index (χ1n) is 8.86. The average Bonchev–Trinajstić information content (AvgIpc) is 3.37. The van der Waals surface area contributed by atoms with Gasteiger partial charge in [0.2, 0.25) is 11.2 Å². The van der Waals surface area contributed by atoms with Crippen molar-refractivity contribution in [3.63, 3.8) is 0 Å². The lowest BCUT2D eigenvalue weighted by Gasteiger charge is -2.15. The van der Waals surface area contributed by atoms with Gasteiger partial charge < -0.3 is 5.21 Å². The molecule has 3 aromatic heterocycles. The third kappa shape index (κ3) is 2.31. The van der Waals surface area contributed by atoms with E-state index in [4.69, 9.17) is 0 Å². The first kappa shape index (κ1) is 16.1. The number of hydrogen-bond donors (Lipinski definition) is 0. The molecule has 4 aromatic rings. The fourth-order valence-electron chi connectivity index (χ4n) is 3.98. The molecule has 27 heavy (non-hydrogen) atoms. The van der Waals surface area contributed by atoms with Crippen molar-refractivity contribution >= 4 is 16.6 Å². The van der Waals surface area contributed by atoms with Gasteiger partial charge in [0.25, 0.3) is 0 Å². The van der Waals surface area contributed by atoms with E-state index in [0.717, 1.165) is 29.8 Å². The Balaban J connectivity index is 1.70. The highest BCUT2D eigenvalue weighted by Crippen LogP contribution is 2.29. The maximum Gasteiger partial charge on any atom is 0.244 e. The maximum atomic E-state index is 13.6. The van der Waals surface area contributed by atoms with Crippen LogP contribution in [-0.2, 0) is 0 Å². The van der Waals surface area contributed by atoms with Crippen molar-refractivity contribution in [2.75, 3.05) is 13.6 Å². The smallest absolute Gasteiger partial charge is 0.244 e. The van der Waals surface area contributed by atoms with Gasteiger partial charge in [0, 0.05) is 13.0 Å². The van der Waals surface area contributed by atoms with Crippen LogP contribution >= 0.6 is 0 Å². The second kappa shape index (κ2) is 5.71. The molecule has 8 nitrogen and oxygen atoms in total. The van der Waals surface area contributed by atoms with Crippen molar-refractivity contribution in [1.29, 1.82) is 0 Å². The van der Waals surface area contributed by atoms with Crippen LogP contribution in [-0.4, -0.2) is 42.9 Å². The minimum absolute atomic E-state index is 0.252. The number of likely N-dealkylation sites (tertiary alicyclic amines) is 1. The van der Waals surface area contributed by atoms with E-state index in [1.54, 1.807) is 28.4 Å². The first-order chi connectivity index (χ1) is 13.0. The van der Waals surface area contributed by atoms with Crippen LogP contribution in [0, 0.1) is 17.9 Å². The summed E-state index contributed by atoms with van der Waals surface area (Å²) >= 11 is 0. The molecule has 1 aliphatic heterocycles. The van der Waals surface area contributed by atoms with E-state index in [1.807, 2.05) is 6.20 Å². The third-order valence-electron chi connectivity index (χ3n) is 5.40. The topological polar surface area (TPSA) is 78.2 Å². The molecule has 0 saturated carbocycles. The van der Waals surface area contributed by atoms with Crippen molar-refractivity contribution in [3.8, 4) is 5.82 Å². The van der Waals surface area contributed by atoms with Gasteiger partial charge in [0.05, 0.1) is 12.2 Å². The summed E-state index contributed by atoms with van der Waals surface area (Å²) in [6.45, 7) is 2.74. The second-order valence-corrected chi connectivity index (χ2v) is 7.03. The number of halogens is 1. The molecule has 4 heterocycles. The van der Waals surface area contributed by atoms with Gasteiger partial charge in [-0.1, -0.05) is 5.21 Å². The zero-order valence-corrected chi connectivity index (χ0v) is 15.0. The summed E-state index contributed by atoms with van der Waals surface area (Å²) < 4.78 is 17.7. The van der Waals surface area contributed by atoms with Crippen LogP contribution in [0.1, 0.15) is 30.3 Å². The number of aromatic nitrogens is 6. The molecule has 5 rings (SSSR count). The number of fused-ring (bicyclic) bond motifs is 3. The molecule has 1 atom stereocenters. The molecule has 1 unspecified atom stereocenters. The standard InChI is InChI=1S/C18H18FN7O/c1-11-17-18(25-9-13(21-22-25)14-4-3-7-23(14)2)20-10-24(17)15-6-5-12(19)8-16(15)26(11)27/h5-6,8-10,14H,3-4,7H2,1-2H3. The SMILES string of the molecule is Cc1c2c(-n3cc(C4CCCN4C)nn3)ncn2c2ccc(F)cc2[n+]1[O-]. The quantitative estimate of drug-likeness (QED) is 0.400. The predicted octanol–water partition coefficient (Wildman–Crippen LogP) is 1.92. The van der Waals surface area contributed by atoms with E-state index >= 15 is 0 Å². The maximum absolute atomic E-state index is 13.6. The molecule has 0 aliphatic carbocycles. The summed E-state index contributed by atoms with van der Waals surface area (Å²) in [7, 11) is 2.08. The summed E-state index contributed by atoms with van der Waals surface area (Å²) in [5.41, 5.74) is 2.79. The highest BCUT2D eigenvalue weighted by Gasteiger charge is 2.27. The molecular formula is C18H18FN7O. The molecule has 1 saturated heterocycles. The van der Waals surface area contributed by atoms with E-state index in [2.05, 4.69) is 27.2 Å². The van der Waals surface area contributed by atoms with Crippen LogP contribution < -0.4 is 4.73 Å². The molecule has 0 bridgehead atoms. The van der Waals surface area contributed by atoms with E-state index in [1.165, 1.54) is 12.1 Å². The summed E-state index contributed by atoms with van der Waals surface area (Å²) in [6.07, 6.45) is 5.69. The van der Waals surface area contributed by atoms with Crippen LogP contribution in [0.25, 0.3) is 22.4 Å². The zero-order valence-electron chi connectivity index (χ0n) is 15.0. The highest BCUT2D eigenvalue weighted by molar-refractivity contribution is 5.78. The monoisotopic (exact) mass is 367 g/mol. The summed E-state index contributed by atoms with van der Waals surface area (Å²) in [5.74, 6) is 0.0792. The lowest BCUT2D eigenvalue weighted by atomic mass is 10.2. The Kier molecular flexibility index (Phi) is 3.41.